The minimum Gasteiger partial charge on any atom is -0.353 e. The molecule has 1 aliphatic rings. The Morgan fingerprint density at radius 2 is 1.75 bits per heavy atom. The van der Waals surface area contributed by atoms with Gasteiger partial charge in [0.2, 0.25) is 17.6 Å². The van der Waals surface area contributed by atoms with Gasteiger partial charge < -0.3 is 9.84 Å². The van der Waals surface area contributed by atoms with Crippen LogP contribution in [-0.4, -0.2) is 22.1 Å². The minimum absolute atomic E-state index is 0.0792. The average molecular weight is 377 g/mol. The molecule has 1 aromatic heterocycles. The molecular weight excluding hydrogens is 350 g/mol. The number of hydrogen-bond donors (Lipinski definition) is 1. The van der Waals surface area contributed by atoms with E-state index in [-0.39, 0.29) is 5.91 Å². The molecule has 0 unspecified atom stereocenters. The molecule has 1 saturated carbocycles. The second-order valence-corrected chi connectivity index (χ2v) is 7.65. The van der Waals surface area contributed by atoms with Crippen molar-refractivity contribution in [3.8, 4) is 11.4 Å². The molecule has 5 nitrogen and oxygen atoms in total. The van der Waals surface area contributed by atoms with Crippen LogP contribution in [0.2, 0.25) is 0 Å². The SMILES string of the molecule is O=C(CCc1nc(-c2cccc3ccccc23)no1)NC1CCCCCCC1. The van der Waals surface area contributed by atoms with Crippen LogP contribution >= 0.6 is 0 Å². The third kappa shape index (κ3) is 4.58. The summed E-state index contributed by atoms with van der Waals surface area (Å²) in [6, 6.07) is 14.5. The van der Waals surface area contributed by atoms with Crippen molar-refractivity contribution in [2.45, 2.75) is 63.8 Å². The Kier molecular flexibility index (Phi) is 6.00. The molecule has 1 amide bonds. The number of aromatic nitrogens is 2. The summed E-state index contributed by atoms with van der Waals surface area (Å²) in [6.07, 6.45) is 9.36. The molecule has 0 spiro atoms. The Morgan fingerprint density at radius 1 is 1.00 bits per heavy atom. The maximum atomic E-state index is 12.3. The van der Waals surface area contributed by atoms with E-state index >= 15 is 0 Å². The second-order valence-electron chi connectivity index (χ2n) is 7.65. The summed E-state index contributed by atoms with van der Waals surface area (Å²) in [4.78, 5) is 16.9. The fourth-order valence-corrected chi connectivity index (χ4v) is 4.01. The van der Waals surface area contributed by atoms with Crippen molar-refractivity contribution >= 4 is 16.7 Å². The third-order valence-electron chi connectivity index (χ3n) is 5.53. The monoisotopic (exact) mass is 377 g/mol. The molecule has 4 rings (SSSR count). The van der Waals surface area contributed by atoms with E-state index in [1.54, 1.807) is 0 Å². The van der Waals surface area contributed by atoms with Crippen LogP contribution in [0, 0.1) is 0 Å². The molecule has 1 N–H and O–H groups in total. The summed E-state index contributed by atoms with van der Waals surface area (Å²) in [5.74, 6) is 1.17. The van der Waals surface area contributed by atoms with E-state index < -0.39 is 0 Å². The maximum absolute atomic E-state index is 12.3. The predicted molar refractivity (Wildman–Crippen MR) is 110 cm³/mol. The number of benzene rings is 2. The lowest BCUT2D eigenvalue weighted by Gasteiger charge is -2.20. The van der Waals surface area contributed by atoms with Gasteiger partial charge in [0.25, 0.3) is 0 Å². The van der Waals surface area contributed by atoms with Gasteiger partial charge in [0.1, 0.15) is 0 Å². The van der Waals surface area contributed by atoms with Crippen molar-refractivity contribution in [2.75, 3.05) is 0 Å². The molecule has 0 aliphatic heterocycles. The molecule has 1 heterocycles. The van der Waals surface area contributed by atoms with Gasteiger partial charge in [-0.25, -0.2) is 0 Å². The zero-order chi connectivity index (χ0) is 19.2. The molecule has 0 saturated heterocycles. The van der Waals surface area contributed by atoms with Gasteiger partial charge in [-0.05, 0) is 23.6 Å². The first-order valence-electron chi connectivity index (χ1n) is 10.4. The number of nitrogens with one attached hydrogen (secondary N) is 1. The summed E-state index contributed by atoms with van der Waals surface area (Å²) in [5, 5.41) is 9.57. The molecule has 0 atom stereocenters. The number of nitrogens with zero attached hydrogens (tertiary/aromatic N) is 2. The van der Waals surface area contributed by atoms with Gasteiger partial charge in [0.05, 0.1) is 0 Å². The highest BCUT2D eigenvalue weighted by Gasteiger charge is 2.16. The van der Waals surface area contributed by atoms with Gasteiger partial charge in [0, 0.05) is 24.4 Å². The van der Waals surface area contributed by atoms with Crippen LogP contribution < -0.4 is 5.32 Å². The molecule has 146 valence electrons. The molecule has 0 bridgehead atoms. The highest BCUT2D eigenvalue weighted by Crippen LogP contribution is 2.26. The van der Waals surface area contributed by atoms with Gasteiger partial charge in [-0.15, -0.1) is 0 Å². The number of fused-ring (bicyclic) bond motifs is 1. The van der Waals surface area contributed by atoms with Crippen LogP contribution in [0.25, 0.3) is 22.2 Å². The van der Waals surface area contributed by atoms with Crippen LogP contribution in [0.1, 0.15) is 57.3 Å². The van der Waals surface area contributed by atoms with Crippen molar-refractivity contribution in [1.29, 1.82) is 0 Å². The van der Waals surface area contributed by atoms with Gasteiger partial charge >= 0.3 is 0 Å². The molecule has 1 fully saturated rings. The van der Waals surface area contributed by atoms with Gasteiger partial charge in [0.15, 0.2) is 0 Å². The number of carbonyl (C=O) groups is 1. The van der Waals surface area contributed by atoms with Crippen molar-refractivity contribution in [3.05, 3.63) is 48.4 Å². The van der Waals surface area contributed by atoms with E-state index in [2.05, 4.69) is 33.7 Å². The lowest BCUT2D eigenvalue weighted by atomic mass is 9.96. The first-order valence-corrected chi connectivity index (χ1v) is 10.4. The van der Waals surface area contributed by atoms with E-state index in [9.17, 15) is 4.79 Å². The summed E-state index contributed by atoms with van der Waals surface area (Å²) in [5.41, 5.74) is 0.951. The lowest BCUT2D eigenvalue weighted by Crippen LogP contribution is -2.35. The maximum Gasteiger partial charge on any atom is 0.227 e. The summed E-state index contributed by atoms with van der Waals surface area (Å²) < 4.78 is 5.40. The molecule has 28 heavy (non-hydrogen) atoms. The van der Waals surface area contributed by atoms with Crippen LogP contribution in [0.4, 0.5) is 0 Å². The Morgan fingerprint density at radius 3 is 2.61 bits per heavy atom. The smallest absolute Gasteiger partial charge is 0.227 e. The quantitative estimate of drug-likeness (QED) is 0.675. The summed E-state index contributed by atoms with van der Waals surface area (Å²) in [7, 11) is 0. The van der Waals surface area contributed by atoms with Crippen LogP contribution in [0.15, 0.2) is 47.0 Å². The number of amides is 1. The molecule has 0 radical (unpaired) electrons. The lowest BCUT2D eigenvalue weighted by molar-refractivity contribution is -0.122. The highest BCUT2D eigenvalue weighted by atomic mass is 16.5. The van der Waals surface area contributed by atoms with Crippen molar-refractivity contribution < 1.29 is 9.32 Å². The number of rotatable bonds is 5. The molecule has 3 aromatic rings. The van der Waals surface area contributed by atoms with Gasteiger partial charge in [-0.1, -0.05) is 79.7 Å². The fraction of sp³-hybridized carbons (Fsp3) is 0.435. The van der Waals surface area contributed by atoms with Crippen LogP contribution in [-0.2, 0) is 11.2 Å². The number of aryl methyl sites for hydroxylation is 1. The third-order valence-corrected chi connectivity index (χ3v) is 5.53. The highest BCUT2D eigenvalue weighted by molar-refractivity contribution is 5.94. The predicted octanol–water partition coefficient (Wildman–Crippen LogP) is 5.05. The number of carbonyl (C=O) groups excluding carboxylic acids is 1. The van der Waals surface area contributed by atoms with Gasteiger partial charge in [-0.2, -0.15) is 4.98 Å². The average Bonchev–Trinajstić information content (AvgIpc) is 3.17. The minimum atomic E-state index is 0.0792. The normalized spacial score (nSPS) is 15.9. The van der Waals surface area contributed by atoms with E-state index in [1.807, 2.05) is 24.3 Å². The standard InChI is InChI=1S/C23H27N3O2/c27-21(24-18-11-4-2-1-3-5-12-18)15-16-22-25-23(26-28-22)20-14-8-10-17-9-6-7-13-19(17)20/h6-10,13-14,18H,1-5,11-12,15-16H2,(H,24,27). The molecule has 2 aromatic carbocycles. The topological polar surface area (TPSA) is 68.0 Å². The van der Waals surface area contributed by atoms with E-state index in [4.69, 9.17) is 4.52 Å². The fourth-order valence-electron chi connectivity index (χ4n) is 4.01. The van der Waals surface area contributed by atoms with Crippen LogP contribution in [0.5, 0.6) is 0 Å². The Balaban J connectivity index is 1.36. The Bertz CT molecular complexity index is 921. The van der Waals surface area contributed by atoms with E-state index in [1.165, 1.54) is 32.1 Å². The van der Waals surface area contributed by atoms with E-state index in [0.717, 1.165) is 29.2 Å². The largest absolute Gasteiger partial charge is 0.353 e. The Labute approximate surface area is 165 Å². The van der Waals surface area contributed by atoms with Crippen molar-refractivity contribution in [1.82, 2.24) is 15.5 Å². The van der Waals surface area contributed by atoms with Crippen molar-refractivity contribution in [3.63, 3.8) is 0 Å². The molecule has 5 heteroatoms. The zero-order valence-electron chi connectivity index (χ0n) is 16.2. The number of hydrogen-bond acceptors (Lipinski definition) is 4. The Hall–Kier alpha value is -2.69. The van der Waals surface area contributed by atoms with Gasteiger partial charge in [-0.3, -0.25) is 4.79 Å². The molecule has 1 aliphatic carbocycles. The summed E-state index contributed by atoms with van der Waals surface area (Å²) in [6.45, 7) is 0. The zero-order valence-corrected chi connectivity index (χ0v) is 16.2. The summed E-state index contributed by atoms with van der Waals surface area (Å²) >= 11 is 0. The first-order chi connectivity index (χ1) is 13.8. The molecular formula is C23H27N3O2. The van der Waals surface area contributed by atoms with Crippen LogP contribution in [0.3, 0.4) is 0 Å². The van der Waals surface area contributed by atoms with E-state index in [0.29, 0.717) is 30.6 Å². The first kappa shape index (κ1) is 18.7. The van der Waals surface area contributed by atoms with Crippen molar-refractivity contribution in [2.24, 2.45) is 0 Å². The second kappa shape index (κ2) is 9.00.